The van der Waals surface area contributed by atoms with Gasteiger partial charge in [-0.15, -0.1) is 0 Å². The number of carbonyl (C=O) groups is 1. The third kappa shape index (κ3) is 5.13. The Labute approximate surface area is 147 Å². The van der Waals surface area contributed by atoms with E-state index >= 15 is 0 Å². The number of amides is 1. The second-order valence-electron chi connectivity index (χ2n) is 7.63. The summed E-state index contributed by atoms with van der Waals surface area (Å²) in [5, 5.41) is 0. The Morgan fingerprint density at radius 2 is 1.87 bits per heavy atom. The zero-order valence-electron chi connectivity index (χ0n) is 14.6. The molecule has 0 spiro atoms. The molecule has 128 valence electrons. The van der Waals surface area contributed by atoms with Crippen molar-refractivity contribution in [3.63, 3.8) is 0 Å². The average molecular weight is 384 g/mol. The van der Waals surface area contributed by atoms with Crippen LogP contribution in [0.1, 0.15) is 47.5 Å². The van der Waals surface area contributed by atoms with Gasteiger partial charge in [-0.25, -0.2) is 4.79 Å². The van der Waals surface area contributed by atoms with Crippen molar-refractivity contribution in [1.29, 1.82) is 0 Å². The molecular formula is C18H26BrNO3. The van der Waals surface area contributed by atoms with Crippen LogP contribution in [0.2, 0.25) is 0 Å². The molecule has 1 unspecified atom stereocenters. The van der Waals surface area contributed by atoms with Crippen LogP contribution >= 0.6 is 15.9 Å². The topological polar surface area (TPSA) is 38.8 Å². The SMILES string of the molecule is CC(C)(C)OC(=O)N1CCC(Oc2ccc(Br)cc2)CC1(C)C. The molecule has 1 aromatic rings. The molecule has 1 aliphatic rings. The number of hydrogen-bond acceptors (Lipinski definition) is 3. The largest absolute Gasteiger partial charge is 0.490 e. The number of benzene rings is 1. The summed E-state index contributed by atoms with van der Waals surface area (Å²) in [6.45, 7) is 10.4. The maximum atomic E-state index is 12.4. The fourth-order valence-corrected chi connectivity index (χ4v) is 3.07. The molecule has 0 aliphatic carbocycles. The van der Waals surface area contributed by atoms with Crippen LogP contribution in [0, 0.1) is 0 Å². The van der Waals surface area contributed by atoms with Gasteiger partial charge >= 0.3 is 6.09 Å². The molecule has 1 atom stereocenters. The molecule has 0 aromatic heterocycles. The van der Waals surface area contributed by atoms with E-state index in [1.807, 2.05) is 49.9 Å². The van der Waals surface area contributed by atoms with Crippen LogP contribution in [0.5, 0.6) is 5.75 Å². The second-order valence-corrected chi connectivity index (χ2v) is 8.55. The minimum Gasteiger partial charge on any atom is -0.490 e. The predicted molar refractivity (Wildman–Crippen MR) is 94.8 cm³/mol. The van der Waals surface area contributed by atoms with E-state index < -0.39 is 5.60 Å². The Kier molecular flexibility index (Phi) is 5.29. The number of likely N-dealkylation sites (tertiary alicyclic amines) is 1. The van der Waals surface area contributed by atoms with Crippen LogP contribution in [0.25, 0.3) is 0 Å². The van der Waals surface area contributed by atoms with Gasteiger partial charge in [-0.3, -0.25) is 0 Å². The Hall–Kier alpha value is -1.23. The van der Waals surface area contributed by atoms with Crippen molar-refractivity contribution in [1.82, 2.24) is 4.90 Å². The van der Waals surface area contributed by atoms with Gasteiger partial charge in [0.2, 0.25) is 0 Å². The highest BCUT2D eigenvalue weighted by atomic mass is 79.9. The number of hydrogen-bond donors (Lipinski definition) is 0. The molecule has 0 bridgehead atoms. The summed E-state index contributed by atoms with van der Waals surface area (Å²) in [7, 11) is 0. The first-order valence-corrected chi connectivity index (χ1v) is 8.79. The van der Waals surface area contributed by atoms with Crippen molar-refractivity contribution >= 4 is 22.0 Å². The molecule has 1 heterocycles. The van der Waals surface area contributed by atoms with Gasteiger partial charge in [0.15, 0.2) is 0 Å². The van der Waals surface area contributed by atoms with Crippen LogP contribution in [-0.2, 0) is 4.74 Å². The van der Waals surface area contributed by atoms with Crippen LogP contribution in [0.15, 0.2) is 28.7 Å². The quantitative estimate of drug-likeness (QED) is 0.720. The van der Waals surface area contributed by atoms with Gasteiger partial charge in [-0.1, -0.05) is 15.9 Å². The van der Waals surface area contributed by atoms with E-state index in [1.165, 1.54) is 0 Å². The number of rotatable bonds is 2. The molecule has 1 amide bonds. The Bertz CT molecular complexity index is 548. The van der Waals surface area contributed by atoms with E-state index in [1.54, 1.807) is 0 Å². The Morgan fingerprint density at radius 3 is 2.39 bits per heavy atom. The third-order valence-corrected chi connectivity index (χ3v) is 4.39. The smallest absolute Gasteiger partial charge is 0.410 e. The molecule has 5 heteroatoms. The van der Waals surface area contributed by atoms with Gasteiger partial charge in [0.25, 0.3) is 0 Å². The summed E-state index contributed by atoms with van der Waals surface area (Å²) in [5.41, 5.74) is -0.765. The van der Waals surface area contributed by atoms with Gasteiger partial charge in [-0.05, 0) is 58.9 Å². The zero-order chi connectivity index (χ0) is 17.3. The van der Waals surface area contributed by atoms with Gasteiger partial charge in [0.05, 0.1) is 0 Å². The van der Waals surface area contributed by atoms with E-state index in [0.29, 0.717) is 6.54 Å². The van der Waals surface area contributed by atoms with Gasteiger partial charge in [0.1, 0.15) is 17.5 Å². The van der Waals surface area contributed by atoms with Gasteiger partial charge in [0, 0.05) is 29.4 Å². The lowest BCUT2D eigenvalue weighted by Crippen LogP contribution is -2.56. The molecule has 0 saturated carbocycles. The van der Waals surface area contributed by atoms with E-state index in [0.717, 1.165) is 23.1 Å². The van der Waals surface area contributed by atoms with E-state index in [-0.39, 0.29) is 17.7 Å². The number of carbonyl (C=O) groups excluding carboxylic acids is 1. The highest BCUT2D eigenvalue weighted by molar-refractivity contribution is 9.10. The van der Waals surface area contributed by atoms with Gasteiger partial charge < -0.3 is 14.4 Å². The van der Waals surface area contributed by atoms with Crippen molar-refractivity contribution in [3.8, 4) is 5.75 Å². The summed E-state index contributed by atoms with van der Waals surface area (Å²) in [6.07, 6.45) is 1.44. The minimum atomic E-state index is -0.474. The van der Waals surface area contributed by atoms with Crippen molar-refractivity contribution < 1.29 is 14.3 Å². The van der Waals surface area contributed by atoms with Crippen LogP contribution in [-0.4, -0.2) is 34.8 Å². The van der Waals surface area contributed by atoms with Crippen molar-refractivity contribution in [3.05, 3.63) is 28.7 Å². The first-order chi connectivity index (χ1) is 10.6. The van der Waals surface area contributed by atoms with Crippen molar-refractivity contribution in [2.24, 2.45) is 0 Å². The molecule has 4 nitrogen and oxygen atoms in total. The Morgan fingerprint density at radius 1 is 1.26 bits per heavy atom. The number of ether oxygens (including phenoxy) is 2. The van der Waals surface area contributed by atoms with Crippen molar-refractivity contribution in [2.45, 2.75) is 64.7 Å². The van der Waals surface area contributed by atoms with E-state index in [2.05, 4.69) is 29.8 Å². The molecule has 2 rings (SSSR count). The molecule has 0 N–H and O–H groups in total. The summed E-state index contributed by atoms with van der Waals surface area (Å²) in [5.74, 6) is 0.861. The summed E-state index contributed by atoms with van der Waals surface area (Å²) in [6, 6.07) is 7.85. The predicted octanol–water partition coefficient (Wildman–Crippen LogP) is 5.01. The van der Waals surface area contributed by atoms with E-state index in [9.17, 15) is 4.79 Å². The standard InChI is InChI=1S/C18H26BrNO3/c1-17(2,3)23-16(21)20-11-10-15(12-18(20,4)5)22-14-8-6-13(19)7-9-14/h6-9,15H,10-12H2,1-5H3. The minimum absolute atomic E-state index is 0.102. The molecule has 1 fully saturated rings. The fraction of sp³-hybridized carbons (Fsp3) is 0.611. The lowest BCUT2D eigenvalue weighted by Gasteiger charge is -2.45. The van der Waals surface area contributed by atoms with Crippen LogP contribution < -0.4 is 4.74 Å². The normalized spacial score (nSPS) is 21.0. The highest BCUT2D eigenvalue weighted by Crippen LogP contribution is 2.31. The zero-order valence-corrected chi connectivity index (χ0v) is 16.1. The number of halogens is 1. The first kappa shape index (κ1) is 18.1. The summed E-state index contributed by atoms with van der Waals surface area (Å²) < 4.78 is 12.6. The van der Waals surface area contributed by atoms with Crippen LogP contribution in [0.3, 0.4) is 0 Å². The molecule has 1 aromatic carbocycles. The first-order valence-electron chi connectivity index (χ1n) is 8.00. The monoisotopic (exact) mass is 383 g/mol. The fourth-order valence-electron chi connectivity index (χ4n) is 2.81. The average Bonchev–Trinajstić information content (AvgIpc) is 2.38. The number of piperidine rings is 1. The van der Waals surface area contributed by atoms with E-state index in [4.69, 9.17) is 9.47 Å². The maximum Gasteiger partial charge on any atom is 0.410 e. The second kappa shape index (κ2) is 6.71. The molecule has 1 aliphatic heterocycles. The molecule has 23 heavy (non-hydrogen) atoms. The van der Waals surface area contributed by atoms with Crippen LogP contribution in [0.4, 0.5) is 4.79 Å². The molecule has 0 radical (unpaired) electrons. The molecular weight excluding hydrogens is 358 g/mol. The van der Waals surface area contributed by atoms with Crippen molar-refractivity contribution in [2.75, 3.05) is 6.54 Å². The number of nitrogens with zero attached hydrogens (tertiary/aromatic N) is 1. The lowest BCUT2D eigenvalue weighted by molar-refractivity contribution is -0.0262. The summed E-state index contributed by atoms with van der Waals surface area (Å²) in [4.78, 5) is 14.2. The third-order valence-electron chi connectivity index (χ3n) is 3.86. The Balaban J connectivity index is 1.99. The highest BCUT2D eigenvalue weighted by Gasteiger charge is 2.40. The maximum absolute atomic E-state index is 12.4. The lowest BCUT2D eigenvalue weighted by atomic mass is 9.89. The summed E-state index contributed by atoms with van der Waals surface area (Å²) >= 11 is 3.42. The molecule has 1 saturated heterocycles. The van der Waals surface area contributed by atoms with Gasteiger partial charge in [-0.2, -0.15) is 0 Å².